The zero-order valence-electron chi connectivity index (χ0n) is 9.44. The number of benzene rings is 1. The van der Waals surface area contributed by atoms with E-state index in [2.05, 4.69) is 15.0 Å². The maximum absolute atomic E-state index is 5.67. The molecule has 4 heteroatoms. The number of pyridine rings is 1. The van der Waals surface area contributed by atoms with E-state index in [-0.39, 0.29) is 0 Å². The van der Waals surface area contributed by atoms with Gasteiger partial charge in [-0.3, -0.25) is 0 Å². The lowest BCUT2D eigenvalue weighted by atomic mass is 10.2. The number of para-hydroxylation sites is 1. The number of rotatable bonds is 1. The lowest BCUT2D eigenvalue weighted by Crippen LogP contribution is -1.90. The van der Waals surface area contributed by atoms with Crippen LogP contribution in [0.15, 0.2) is 36.5 Å². The van der Waals surface area contributed by atoms with Crippen LogP contribution in [0.25, 0.3) is 22.4 Å². The van der Waals surface area contributed by atoms with Gasteiger partial charge in [0.2, 0.25) is 0 Å². The fourth-order valence-corrected chi connectivity index (χ4v) is 1.91. The first kappa shape index (κ1) is 9.84. The molecule has 84 valence electrons. The maximum Gasteiger partial charge on any atom is 0.138 e. The van der Waals surface area contributed by atoms with Gasteiger partial charge in [-0.2, -0.15) is 0 Å². The van der Waals surface area contributed by atoms with E-state index in [0.717, 1.165) is 28.0 Å². The highest BCUT2D eigenvalue weighted by atomic mass is 14.9. The minimum atomic E-state index is 0.500. The van der Waals surface area contributed by atoms with Crippen LogP contribution >= 0.6 is 0 Å². The molecule has 0 amide bonds. The molecule has 3 N–H and O–H groups in total. The van der Waals surface area contributed by atoms with Crippen molar-refractivity contribution in [2.24, 2.45) is 0 Å². The molecule has 2 heterocycles. The van der Waals surface area contributed by atoms with Gasteiger partial charge in [0.25, 0.3) is 0 Å². The molecule has 0 unspecified atom stereocenters. The van der Waals surface area contributed by atoms with Crippen molar-refractivity contribution in [3.63, 3.8) is 0 Å². The number of anilines is 1. The van der Waals surface area contributed by atoms with E-state index in [0.29, 0.717) is 5.82 Å². The number of imidazole rings is 1. The van der Waals surface area contributed by atoms with Gasteiger partial charge in [0.15, 0.2) is 0 Å². The van der Waals surface area contributed by atoms with Gasteiger partial charge in [-0.1, -0.05) is 12.1 Å². The van der Waals surface area contributed by atoms with E-state index >= 15 is 0 Å². The number of nitrogens with zero attached hydrogens (tertiary/aromatic N) is 2. The molecule has 0 saturated heterocycles. The summed E-state index contributed by atoms with van der Waals surface area (Å²) in [6, 6.07) is 9.79. The number of hydrogen-bond acceptors (Lipinski definition) is 3. The monoisotopic (exact) mass is 224 g/mol. The molecule has 0 aliphatic carbocycles. The number of nitrogens with two attached hydrogens (primary N) is 1. The molecular weight excluding hydrogens is 212 g/mol. The summed E-state index contributed by atoms with van der Waals surface area (Å²) in [5.41, 5.74) is 9.81. The highest BCUT2D eigenvalue weighted by Crippen LogP contribution is 2.22. The van der Waals surface area contributed by atoms with Gasteiger partial charge in [0, 0.05) is 11.8 Å². The third-order valence-electron chi connectivity index (χ3n) is 2.77. The van der Waals surface area contributed by atoms with Gasteiger partial charge >= 0.3 is 0 Å². The molecule has 0 atom stereocenters. The Balaban J connectivity index is 2.22. The Kier molecular flexibility index (Phi) is 2.08. The lowest BCUT2D eigenvalue weighted by molar-refractivity contribution is 1.29. The second kappa shape index (κ2) is 3.59. The van der Waals surface area contributed by atoms with Crippen molar-refractivity contribution < 1.29 is 0 Å². The molecule has 0 bridgehead atoms. The predicted molar refractivity (Wildman–Crippen MR) is 68.5 cm³/mol. The van der Waals surface area contributed by atoms with Gasteiger partial charge in [-0.25, -0.2) is 9.97 Å². The Labute approximate surface area is 98.5 Å². The Hall–Kier alpha value is -2.36. The van der Waals surface area contributed by atoms with Crippen molar-refractivity contribution in [2.75, 3.05) is 5.73 Å². The smallest absolute Gasteiger partial charge is 0.138 e. The topological polar surface area (TPSA) is 67.6 Å². The molecule has 0 aliphatic rings. The van der Waals surface area contributed by atoms with Gasteiger partial charge in [0.1, 0.15) is 11.6 Å². The predicted octanol–water partition coefficient (Wildman–Crippen LogP) is 2.52. The molecule has 2 aromatic heterocycles. The van der Waals surface area contributed by atoms with E-state index in [1.807, 2.05) is 37.3 Å². The number of aromatic nitrogens is 3. The van der Waals surface area contributed by atoms with Crippen molar-refractivity contribution in [1.82, 2.24) is 15.0 Å². The Morgan fingerprint density at radius 1 is 1.24 bits per heavy atom. The van der Waals surface area contributed by atoms with Gasteiger partial charge in [-0.05, 0) is 30.7 Å². The molecule has 4 nitrogen and oxygen atoms in total. The number of nitrogen functional groups attached to an aromatic ring is 1. The highest BCUT2D eigenvalue weighted by molar-refractivity contribution is 5.82. The van der Waals surface area contributed by atoms with Crippen molar-refractivity contribution in [3.05, 3.63) is 42.1 Å². The largest absolute Gasteiger partial charge is 0.384 e. The number of H-pyrrole nitrogens is 1. The van der Waals surface area contributed by atoms with Crippen LogP contribution in [0.1, 0.15) is 5.56 Å². The maximum atomic E-state index is 5.67. The molecule has 0 fully saturated rings. The summed E-state index contributed by atoms with van der Waals surface area (Å²) in [5, 5.41) is 0. The summed E-state index contributed by atoms with van der Waals surface area (Å²) in [6.07, 6.45) is 1.69. The minimum absolute atomic E-state index is 0.500. The molecular formula is C13H12N4. The van der Waals surface area contributed by atoms with Gasteiger partial charge in [0.05, 0.1) is 11.0 Å². The fourth-order valence-electron chi connectivity index (χ4n) is 1.91. The van der Waals surface area contributed by atoms with Gasteiger partial charge < -0.3 is 10.7 Å². The van der Waals surface area contributed by atoms with Crippen molar-refractivity contribution in [2.45, 2.75) is 6.92 Å². The number of fused-ring (bicyclic) bond motifs is 1. The van der Waals surface area contributed by atoms with Crippen LogP contribution in [0.5, 0.6) is 0 Å². The van der Waals surface area contributed by atoms with E-state index < -0.39 is 0 Å². The first-order valence-corrected chi connectivity index (χ1v) is 5.41. The summed E-state index contributed by atoms with van der Waals surface area (Å²) in [7, 11) is 0. The second-order valence-corrected chi connectivity index (χ2v) is 4.03. The van der Waals surface area contributed by atoms with E-state index in [9.17, 15) is 0 Å². The third kappa shape index (κ3) is 1.63. The van der Waals surface area contributed by atoms with Crippen LogP contribution in [0.4, 0.5) is 5.82 Å². The van der Waals surface area contributed by atoms with Crippen LogP contribution in [0.3, 0.4) is 0 Å². The standard InChI is InChI=1S/C13H12N4/c1-8-3-2-4-10-12(8)17-13(16-10)9-5-6-15-11(14)7-9/h2-7H,1H3,(H2,14,15)(H,16,17). The summed E-state index contributed by atoms with van der Waals surface area (Å²) in [5.74, 6) is 1.32. The number of hydrogen-bond donors (Lipinski definition) is 2. The van der Waals surface area contributed by atoms with Crippen LogP contribution in [0.2, 0.25) is 0 Å². The summed E-state index contributed by atoms with van der Waals surface area (Å²) in [6.45, 7) is 2.05. The number of aromatic amines is 1. The molecule has 0 radical (unpaired) electrons. The summed E-state index contributed by atoms with van der Waals surface area (Å²) < 4.78 is 0. The molecule has 1 aromatic carbocycles. The average molecular weight is 224 g/mol. The Morgan fingerprint density at radius 2 is 2.12 bits per heavy atom. The third-order valence-corrected chi connectivity index (χ3v) is 2.77. The second-order valence-electron chi connectivity index (χ2n) is 4.03. The van der Waals surface area contributed by atoms with Crippen molar-refractivity contribution in [3.8, 4) is 11.4 Å². The summed E-state index contributed by atoms with van der Waals surface area (Å²) >= 11 is 0. The zero-order chi connectivity index (χ0) is 11.8. The Bertz CT molecular complexity index is 685. The first-order chi connectivity index (χ1) is 8.24. The van der Waals surface area contributed by atoms with E-state index in [4.69, 9.17) is 5.73 Å². The van der Waals surface area contributed by atoms with Crippen LogP contribution in [-0.4, -0.2) is 15.0 Å². The van der Waals surface area contributed by atoms with E-state index in [1.54, 1.807) is 6.20 Å². The Morgan fingerprint density at radius 3 is 2.88 bits per heavy atom. The molecule has 0 aliphatic heterocycles. The first-order valence-electron chi connectivity index (χ1n) is 5.41. The zero-order valence-corrected chi connectivity index (χ0v) is 9.44. The van der Waals surface area contributed by atoms with Crippen LogP contribution in [0, 0.1) is 6.92 Å². The molecule has 3 rings (SSSR count). The van der Waals surface area contributed by atoms with Crippen LogP contribution < -0.4 is 5.73 Å². The lowest BCUT2D eigenvalue weighted by Gasteiger charge is -1.96. The van der Waals surface area contributed by atoms with Crippen molar-refractivity contribution >= 4 is 16.9 Å². The van der Waals surface area contributed by atoms with Crippen molar-refractivity contribution in [1.29, 1.82) is 0 Å². The highest BCUT2D eigenvalue weighted by Gasteiger charge is 2.06. The van der Waals surface area contributed by atoms with E-state index in [1.165, 1.54) is 0 Å². The number of aryl methyl sites for hydroxylation is 1. The number of nitrogens with one attached hydrogen (secondary N) is 1. The molecule has 3 aromatic rings. The molecule has 0 spiro atoms. The fraction of sp³-hybridized carbons (Fsp3) is 0.0769. The van der Waals surface area contributed by atoms with Gasteiger partial charge in [-0.15, -0.1) is 0 Å². The summed E-state index contributed by atoms with van der Waals surface area (Å²) in [4.78, 5) is 11.8. The average Bonchev–Trinajstić information content (AvgIpc) is 2.74. The quantitative estimate of drug-likeness (QED) is 0.667. The molecule has 0 saturated carbocycles. The minimum Gasteiger partial charge on any atom is -0.384 e. The SMILES string of the molecule is Cc1cccc2[nH]c(-c3ccnc(N)c3)nc12. The normalized spacial score (nSPS) is 10.9. The molecule has 17 heavy (non-hydrogen) atoms. The van der Waals surface area contributed by atoms with Crippen LogP contribution in [-0.2, 0) is 0 Å².